The van der Waals surface area contributed by atoms with E-state index in [9.17, 15) is 0 Å². The number of hydrogen-bond acceptors (Lipinski definition) is 4. The molecule has 1 N–H and O–H groups in total. The summed E-state index contributed by atoms with van der Waals surface area (Å²) < 4.78 is 1.74. The van der Waals surface area contributed by atoms with E-state index in [-0.39, 0.29) is 5.54 Å². The molecule has 114 valence electrons. The maximum absolute atomic E-state index is 4.57. The Morgan fingerprint density at radius 2 is 2.00 bits per heavy atom. The molecule has 0 aliphatic carbocycles. The zero-order valence-electron chi connectivity index (χ0n) is 13.8. The molecule has 0 saturated carbocycles. The Balaban J connectivity index is 2.18. The SMILES string of the molecule is Cc1nc(-n2ccc(C(C)C)n2)ncc1CNC(C)(C)C. The van der Waals surface area contributed by atoms with Crippen LogP contribution in [0.1, 0.15) is 57.5 Å². The van der Waals surface area contributed by atoms with Crippen LogP contribution < -0.4 is 5.32 Å². The predicted octanol–water partition coefficient (Wildman–Crippen LogP) is 2.98. The molecule has 0 radical (unpaired) electrons. The quantitative estimate of drug-likeness (QED) is 0.939. The van der Waals surface area contributed by atoms with Gasteiger partial charge in [0.15, 0.2) is 0 Å². The van der Waals surface area contributed by atoms with Crippen molar-refractivity contribution in [3.63, 3.8) is 0 Å². The van der Waals surface area contributed by atoms with Gasteiger partial charge in [-0.3, -0.25) is 0 Å². The van der Waals surface area contributed by atoms with E-state index < -0.39 is 0 Å². The third-order valence-corrected chi connectivity index (χ3v) is 3.28. The highest BCUT2D eigenvalue weighted by atomic mass is 15.3. The van der Waals surface area contributed by atoms with Crippen LogP contribution >= 0.6 is 0 Å². The van der Waals surface area contributed by atoms with Gasteiger partial charge in [-0.2, -0.15) is 5.10 Å². The summed E-state index contributed by atoms with van der Waals surface area (Å²) in [6.07, 6.45) is 3.80. The molecule has 0 amide bonds. The van der Waals surface area contributed by atoms with Crippen LogP contribution in [0.4, 0.5) is 0 Å². The van der Waals surface area contributed by atoms with Crippen molar-refractivity contribution in [2.24, 2.45) is 0 Å². The van der Waals surface area contributed by atoms with Gasteiger partial charge in [0.1, 0.15) is 0 Å². The van der Waals surface area contributed by atoms with E-state index in [1.807, 2.05) is 25.4 Å². The Morgan fingerprint density at radius 3 is 2.52 bits per heavy atom. The number of nitrogens with one attached hydrogen (secondary N) is 1. The first-order valence-electron chi connectivity index (χ1n) is 7.40. The van der Waals surface area contributed by atoms with E-state index >= 15 is 0 Å². The van der Waals surface area contributed by atoms with Crippen molar-refractivity contribution in [1.82, 2.24) is 25.1 Å². The van der Waals surface area contributed by atoms with Gasteiger partial charge in [0.2, 0.25) is 0 Å². The zero-order valence-corrected chi connectivity index (χ0v) is 13.8. The lowest BCUT2D eigenvalue weighted by Crippen LogP contribution is -2.35. The van der Waals surface area contributed by atoms with Gasteiger partial charge >= 0.3 is 0 Å². The molecule has 0 spiro atoms. The molecule has 21 heavy (non-hydrogen) atoms. The maximum Gasteiger partial charge on any atom is 0.250 e. The summed E-state index contributed by atoms with van der Waals surface area (Å²) in [5.74, 6) is 1.03. The van der Waals surface area contributed by atoms with Gasteiger partial charge in [-0.25, -0.2) is 14.6 Å². The van der Waals surface area contributed by atoms with Crippen molar-refractivity contribution >= 4 is 0 Å². The zero-order chi connectivity index (χ0) is 15.6. The highest BCUT2D eigenvalue weighted by molar-refractivity contribution is 5.22. The molecule has 5 heteroatoms. The minimum absolute atomic E-state index is 0.0826. The van der Waals surface area contributed by atoms with Gasteiger partial charge in [0, 0.05) is 35.7 Å². The van der Waals surface area contributed by atoms with Crippen molar-refractivity contribution in [3.05, 3.63) is 35.4 Å². The molecule has 0 aromatic carbocycles. The Kier molecular flexibility index (Phi) is 4.42. The summed E-state index contributed by atoms with van der Waals surface area (Å²) >= 11 is 0. The summed E-state index contributed by atoms with van der Waals surface area (Å²) in [7, 11) is 0. The number of rotatable bonds is 4. The van der Waals surface area contributed by atoms with Crippen LogP contribution in [0.3, 0.4) is 0 Å². The number of nitrogens with zero attached hydrogens (tertiary/aromatic N) is 4. The van der Waals surface area contributed by atoms with Crippen molar-refractivity contribution in [1.29, 1.82) is 0 Å². The molecule has 0 atom stereocenters. The van der Waals surface area contributed by atoms with Crippen LogP contribution in [-0.2, 0) is 6.54 Å². The molecule has 0 fully saturated rings. The molecule has 2 aromatic rings. The molecule has 0 aliphatic rings. The molecule has 0 saturated heterocycles. The lowest BCUT2D eigenvalue weighted by Gasteiger charge is -2.21. The van der Waals surface area contributed by atoms with Crippen LogP contribution in [0.5, 0.6) is 0 Å². The van der Waals surface area contributed by atoms with E-state index in [0.29, 0.717) is 11.9 Å². The Hall–Kier alpha value is -1.75. The Morgan fingerprint density at radius 1 is 1.29 bits per heavy atom. The van der Waals surface area contributed by atoms with Gasteiger partial charge in [-0.05, 0) is 39.7 Å². The van der Waals surface area contributed by atoms with Crippen molar-refractivity contribution in [3.8, 4) is 5.95 Å². The Bertz CT molecular complexity index is 607. The molecule has 5 nitrogen and oxygen atoms in total. The van der Waals surface area contributed by atoms with E-state index in [4.69, 9.17) is 0 Å². The van der Waals surface area contributed by atoms with Crippen LogP contribution in [0.25, 0.3) is 5.95 Å². The number of aryl methyl sites for hydroxylation is 1. The summed E-state index contributed by atoms with van der Waals surface area (Å²) in [6, 6.07) is 2.01. The molecule has 2 heterocycles. The maximum atomic E-state index is 4.57. The van der Waals surface area contributed by atoms with Crippen LogP contribution in [0, 0.1) is 6.92 Å². The number of hydrogen-bond donors (Lipinski definition) is 1. The topological polar surface area (TPSA) is 55.6 Å². The highest BCUT2D eigenvalue weighted by Crippen LogP contribution is 2.13. The minimum atomic E-state index is 0.0826. The minimum Gasteiger partial charge on any atom is -0.308 e. The second kappa shape index (κ2) is 5.93. The number of aromatic nitrogens is 4. The first kappa shape index (κ1) is 15.6. The molecular weight excluding hydrogens is 262 g/mol. The fourth-order valence-corrected chi connectivity index (χ4v) is 1.88. The summed E-state index contributed by atoms with van der Waals surface area (Å²) in [5, 5.41) is 7.97. The summed E-state index contributed by atoms with van der Waals surface area (Å²) in [6.45, 7) is 13.5. The molecule has 0 unspecified atom stereocenters. The van der Waals surface area contributed by atoms with E-state index in [1.165, 1.54) is 0 Å². The predicted molar refractivity (Wildman–Crippen MR) is 84.6 cm³/mol. The molecular formula is C16H25N5. The van der Waals surface area contributed by atoms with E-state index in [2.05, 4.69) is 55.0 Å². The normalized spacial score (nSPS) is 12.1. The largest absolute Gasteiger partial charge is 0.308 e. The molecule has 0 aliphatic heterocycles. The highest BCUT2D eigenvalue weighted by Gasteiger charge is 2.12. The van der Waals surface area contributed by atoms with Gasteiger partial charge in [0.05, 0.1) is 5.69 Å². The molecule has 2 rings (SSSR count). The second-order valence-electron chi connectivity index (χ2n) is 6.72. The first-order valence-corrected chi connectivity index (χ1v) is 7.40. The fourth-order valence-electron chi connectivity index (χ4n) is 1.88. The fraction of sp³-hybridized carbons (Fsp3) is 0.562. The van der Waals surface area contributed by atoms with Crippen molar-refractivity contribution in [2.75, 3.05) is 0 Å². The van der Waals surface area contributed by atoms with Gasteiger partial charge in [0.25, 0.3) is 5.95 Å². The van der Waals surface area contributed by atoms with Crippen molar-refractivity contribution < 1.29 is 0 Å². The van der Waals surface area contributed by atoms with Crippen LogP contribution in [0.2, 0.25) is 0 Å². The Labute approximate surface area is 126 Å². The smallest absolute Gasteiger partial charge is 0.250 e. The monoisotopic (exact) mass is 287 g/mol. The average Bonchev–Trinajstić information content (AvgIpc) is 2.85. The van der Waals surface area contributed by atoms with Gasteiger partial charge in [-0.15, -0.1) is 0 Å². The average molecular weight is 287 g/mol. The van der Waals surface area contributed by atoms with Gasteiger partial charge in [-0.1, -0.05) is 13.8 Å². The van der Waals surface area contributed by atoms with Gasteiger partial charge < -0.3 is 5.32 Å². The third-order valence-electron chi connectivity index (χ3n) is 3.28. The molecule has 2 aromatic heterocycles. The third kappa shape index (κ3) is 4.11. The second-order valence-corrected chi connectivity index (χ2v) is 6.72. The van der Waals surface area contributed by atoms with Crippen LogP contribution in [-0.4, -0.2) is 25.3 Å². The first-order chi connectivity index (χ1) is 9.76. The standard InChI is InChI=1S/C16H25N5/c1-11(2)14-7-8-21(20-14)15-17-9-13(12(3)19-15)10-18-16(4,5)6/h7-9,11,18H,10H2,1-6H3. The summed E-state index contributed by atoms with van der Waals surface area (Å²) in [5.41, 5.74) is 3.23. The lowest BCUT2D eigenvalue weighted by molar-refractivity contribution is 0.423. The summed E-state index contributed by atoms with van der Waals surface area (Å²) in [4.78, 5) is 9.00. The van der Waals surface area contributed by atoms with Crippen LogP contribution in [0.15, 0.2) is 18.5 Å². The van der Waals surface area contributed by atoms with Crippen molar-refractivity contribution in [2.45, 2.75) is 59.5 Å². The molecule has 0 bridgehead atoms. The van der Waals surface area contributed by atoms with E-state index in [0.717, 1.165) is 23.5 Å². The van der Waals surface area contributed by atoms with E-state index in [1.54, 1.807) is 4.68 Å². The lowest BCUT2D eigenvalue weighted by atomic mass is 10.1.